The van der Waals surface area contributed by atoms with Crippen LogP contribution >= 0.6 is 0 Å². The molecule has 1 heteroatoms. The van der Waals surface area contributed by atoms with Crippen molar-refractivity contribution in [1.29, 1.82) is 5.26 Å². The van der Waals surface area contributed by atoms with Gasteiger partial charge in [0.15, 0.2) is 0 Å². The maximum atomic E-state index is 9.59. The molecule has 2 rings (SSSR count). The highest BCUT2D eigenvalue weighted by Crippen LogP contribution is 2.45. The van der Waals surface area contributed by atoms with E-state index in [1.165, 1.54) is 56.1 Å². The van der Waals surface area contributed by atoms with Gasteiger partial charge in [-0.25, -0.2) is 0 Å². The molecule has 0 bridgehead atoms. The lowest BCUT2D eigenvalue weighted by molar-refractivity contribution is 0.224. The number of hydrogen-bond acceptors (Lipinski definition) is 1. The molecule has 22 heavy (non-hydrogen) atoms. The summed E-state index contributed by atoms with van der Waals surface area (Å²) < 4.78 is 0. The molecular weight excluding hydrogens is 266 g/mol. The molecule has 1 fully saturated rings. The van der Waals surface area contributed by atoms with Crippen LogP contribution < -0.4 is 0 Å². The largest absolute Gasteiger partial charge is 0.198 e. The topological polar surface area (TPSA) is 23.8 Å². The van der Waals surface area contributed by atoms with E-state index in [9.17, 15) is 5.26 Å². The van der Waals surface area contributed by atoms with Gasteiger partial charge in [-0.05, 0) is 62.0 Å². The molecule has 0 aromatic heterocycles. The summed E-state index contributed by atoms with van der Waals surface area (Å²) in [4.78, 5) is 0. The van der Waals surface area contributed by atoms with E-state index in [2.05, 4.69) is 44.2 Å². The van der Waals surface area contributed by atoms with Crippen molar-refractivity contribution in [2.24, 2.45) is 5.41 Å². The van der Waals surface area contributed by atoms with E-state index in [-0.39, 0.29) is 5.41 Å². The third-order valence-corrected chi connectivity index (χ3v) is 5.46. The van der Waals surface area contributed by atoms with Crippen LogP contribution in [0.1, 0.15) is 88.7 Å². The van der Waals surface area contributed by atoms with Crippen molar-refractivity contribution in [2.45, 2.75) is 84.0 Å². The Balaban J connectivity index is 1.92. The molecule has 1 saturated carbocycles. The van der Waals surface area contributed by atoms with Crippen molar-refractivity contribution >= 4 is 0 Å². The first-order valence-corrected chi connectivity index (χ1v) is 9.23. The van der Waals surface area contributed by atoms with Gasteiger partial charge in [-0.1, -0.05) is 57.4 Å². The number of nitrogens with zero attached hydrogens (tertiary/aromatic N) is 1. The molecule has 1 aromatic carbocycles. The fourth-order valence-corrected chi connectivity index (χ4v) is 3.77. The lowest BCUT2D eigenvalue weighted by Crippen LogP contribution is -2.25. The second kappa shape index (κ2) is 8.37. The van der Waals surface area contributed by atoms with Gasteiger partial charge in [-0.3, -0.25) is 0 Å². The summed E-state index contributed by atoms with van der Waals surface area (Å²) in [6.07, 6.45) is 11.8. The monoisotopic (exact) mass is 297 g/mol. The first-order chi connectivity index (χ1) is 10.7. The highest BCUT2D eigenvalue weighted by Gasteiger charge is 2.35. The number of rotatable bonds is 7. The quantitative estimate of drug-likeness (QED) is 0.572. The van der Waals surface area contributed by atoms with Crippen LogP contribution in [0.25, 0.3) is 0 Å². The summed E-state index contributed by atoms with van der Waals surface area (Å²) in [5.74, 6) is 0.670. The van der Waals surface area contributed by atoms with Crippen LogP contribution in [0.5, 0.6) is 0 Å². The molecule has 0 radical (unpaired) electrons. The summed E-state index contributed by atoms with van der Waals surface area (Å²) in [7, 11) is 0. The van der Waals surface area contributed by atoms with Crippen LogP contribution in [0.2, 0.25) is 0 Å². The van der Waals surface area contributed by atoms with Gasteiger partial charge in [0.1, 0.15) is 0 Å². The predicted octanol–water partition coefficient (Wildman–Crippen LogP) is 6.39. The van der Waals surface area contributed by atoms with E-state index in [1.54, 1.807) is 0 Å². The zero-order valence-corrected chi connectivity index (χ0v) is 14.4. The maximum absolute atomic E-state index is 9.59. The molecule has 0 atom stereocenters. The van der Waals surface area contributed by atoms with E-state index in [0.717, 1.165) is 19.3 Å². The lowest BCUT2D eigenvalue weighted by atomic mass is 9.67. The number of hydrogen-bond donors (Lipinski definition) is 0. The second-order valence-electron chi connectivity index (χ2n) is 7.12. The highest BCUT2D eigenvalue weighted by molar-refractivity contribution is 5.26. The summed E-state index contributed by atoms with van der Waals surface area (Å²) in [6, 6.07) is 12.0. The van der Waals surface area contributed by atoms with Crippen molar-refractivity contribution < 1.29 is 0 Å². The lowest BCUT2D eigenvalue weighted by Gasteiger charge is -2.35. The van der Waals surface area contributed by atoms with Gasteiger partial charge in [0.2, 0.25) is 0 Å². The van der Waals surface area contributed by atoms with Crippen LogP contribution in [-0.4, -0.2) is 0 Å². The normalized spacial score (nSPS) is 24.9. The minimum atomic E-state index is -0.0203. The SMILES string of the molecule is CCCCc1ccc(C2CCC(C#N)(CCCC)CC2)cc1. The number of nitriles is 1. The molecule has 0 unspecified atom stereocenters. The van der Waals surface area contributed by atoms with Gasteiger partial charge in [0.05, 0.1) is 11.5 Å². The summed E-state index contributed by atoms with van der Waals surface area (Å²) in [5, 5.41) is 9.59. The summed E-state index contributed by atoms with van der Waals surface area (Å²) in [6.45, 7) is 4.47. The molecule has 0 amide bonds. The molecule has 1 aromatic rings. The van der Waals surface area contributed by atoms with Crippen molar-refractivity contribution in [1.82, 2.24) is 0 Å². The molecule has 1 aliphatic rings. The van der Waals surface area contributed by atoms with Crippen LogP contribution in [-0.2, 0) is 6.42 Å². The molecule has 0 spiro atoms. The molecule has 0 N–H and O–H groups in total. The van der Waals surface area contributed by atoms with Crippen molar-refractivity contribution in [3.63, 3.8) is 0 Å². The minimum Gasteiger partial charge on any atom is -0.198 e. The van der Waals surface area contributed by atoms with E-state index >= 15 is 0 Å². The first kappa shape index (κ1) is 17.1. The summed E-state index contributed by atoms with van der Waals surface area (Å²) in [5.41, 5.74) is 2.94. The fraction of sp³-hybridized carbons (Fsp3) is 0.667. The Morgan fingerprint density at radius 1 is 1.05 bits per heavy atom. The third kappa shape index (κ3) is 4.35. The summed E-state index contributed by atoms with van der Waals surface area (Å²) >= 11 is 0. The number of benzene rings is 1. The Labute approximate surface area is 136 Å². The Bertz CT molecular complexity index is 472. The van der Waals surface area contributed by atoms with Crippen molar-refractivity contribution in [3.05, 3.63) is 35.4 Å². The van der Waals surface area contributed by atoms with E-state index < -0.39 is 0 Å². The predicted molar refractivity (Wildman–Crippen MR) is 93.8 cm³/mol. The molecule has 120 valence electrons. The van der Waals surface area contributed by atoms with Gasteiger partial charge < -0.3 is 0 Å². The van der Waals surface area contributed by atoms with E-state index in [1.807, 2.05) is 0 Å². The van der Waals surface area contributed by atoms with E-state index in [0.29, 0.717) is 5.92 Å². The smallest absolute Gasteiger partial charge is 0.0689 e. The van der Waals surface area contributed by atoms with Gasteiger partial charge >= 0.3 is 0 Å². The van der Waals surface area contributed by atoms with Crippen LogP contribution in [0.15, 0.2) is 24.3 Å². The van der Waals surface area contributed by atoms with Crippen LogP contribution in [0, 0.1) is 16.7 Å². The number of unbranched alkanes of at least 4 members (excludes halogenated alkanes) is 2. The number of aryl methyl sites for hydroxylation is 1. The molecule has 1 aliphatic carbocycles. The molecule has 1 nitrogen and oxygen atoms in total. The maximum Gasteiger partial charge on any atom is 0.0689 e. The standard InChI is InChI=1S/C21H31N/c1-3-5-7-18-8-10-19(11-9-18)20-12-15-21(17-22,16-13-20)14-6-4-2/h8-11,20H,3-7,12-16H2,1-2H3. The Kier molecular flexibility index (Phi) is 6.49. The highest BCUT2D eigenvalue weighted by atomic mass is 14.4. The zero-order valence-electron chi connectivity index (χ0n) is 14.4. The van der Waals surface area contributed by atoms with Crippen LogP contribution in [0.3, 0.4) is 0 Å². The van der Waals surface area contributed by atoms with Gasteiger partial charge in [-0.2, -0.15) is 5.26 Å². The van der Waals surface area contributed by atoms with Gasteiger partial charge in [0, 0.05) is 0 Å². The molecular formula is C21H31N. The van der Waals surface area contributed by atoms with Gasteiger partial charge in [-0.15, -0.1) is 0 Å². The second-order valence-corrected chi connectivity index (χ2v) is 7.12. The Hall–Kier alpha value is -1.29. The molecule has 0 heterocycles. The van der Waals surface area contributed by atoms with Crippen LogP contribution in [0.4, 0.5) is 0 Å². The fourth-order valence-electron chi connectivity index (χ4n) is 3.77. The Morgan fingerprint density at radius 2 is 1.68 bits per heavy atom. The zero-order chi connectivity index (χ0) is 15.8. The molecule has 0 aliphatic heterocycles. The van der Waals surface area contributed by atoms with Gasteiger partial charge in [0.25, 0.3) is 0 Å². The first-order valence-electron chi connectivity index (χ1n) is 9.23. The van der Waals surface area contributed by atoms with Crippen molar-refractivity contribution in [3.8, 4) is 6.07 Å². The minimum absolute atomic E-state index is 0.0203. The van der Waals surface area contributed by atoms with E-state index in [4.69, 9.17) is 0 Å². The van der Waals surface area contributed by atoms with Crippen molar-refractivity contribution in [2.75, 3.05) is 0 Å². The average Bonchev–Trinajstić information content (AvgIpc) is 2.59. The Morgan fingerprint density at radius 3 is 2.23 bits per heavy atom. The average molecular weight is 297 g/mol. The molecule has 0 saturated heterocycles. The third-order valence-electron chi connectivity index (χ3n) is 5.46.